The van der Waals surface area contributed by atoms with Crippen LogP contribution in [0.3, 0.4) is 0 Å². The van der Waals surface area contributed by atoms with Gasteiger partial charge in [0.2, 0.25) is 0 Å². The Bertz CT molecular complexity index is 631. The second-order valence-corrected chi connectivity index (χ2v) is 3.54. The summed E-state index contributed by atoms with van der Waals surface area (Å²) in [5, 5.41) is 4.79. The van der Waals surface area contributed by atoms with Gasteiger partial charge in [0.1, 0.15) is 11.5 Å². The minimum atomic E-state index is -0.316. The van der Waals surface area contributed by atoms with Crippen LogP contribution in [0.25, 0.3) is 22.2 Å². The summed E-state index contributed by atoms with van der Waals surface area (Å²) in [5.41, 5.74) is 2.18. The summed E-state index contributed by atoms with van der Waals surface area (Å²) in [6.45, 7) is 0. The Kier molecular flexibility index (Phi) is 1.96. The highest BCUT2D eigenvalue weighted by Crippen LogP contribution is 2.27. The van der Waals surface area contributed by atoms with Crippen molar-refractivity contribution in [2.45, 2.75) is 0 Å². The van der Waals surface area contributed by atoms with Gasteiger partial charge in [0.05, 0.1) is 0 Å². The van der Waals surface area contributed by atoms with E-state index < -0.39 is 0 Å². The fourth-order valence-corrected chi connectivity index (χ4v) is 1.72. The van der Waals surface area contributed by atoms with Crippen molar-refractivity contribution in [3.05, 3.63) is 54.3 Å². The molecule has 0 spiro atoms. The summed E-state index contributed by atoms with van der Waals surface area (Å²) in [4.78, 5) is 0. The van der Waals surface area contributed by atoms with E-state index in [1.54, 1.807) is 6.07 Å². The van der Waals surface area contributed by atoms with Crippen LogP contribution in [0.2, 0.25) is 0 Å². The maximum Gasteiger partial charge on any atom is 0.170 e. The second-order valence-electron chi connectivity index (χ2n) is 3.54. The molecule has 0 amide bonds. The van der Waals surface area contributed by atoms with Crippen LogP contribution >= 0.6 is 0 Å². The van der Waals surface area contributed by atoms with Crippen molar-refractivity contribution in [1.29, 1.82) is 0 Å². The standard InChI is InChI=1S/C13H8FNO/c14-10-6-7-11-12(8-10)16-15-13(11)9-4-2-1-3-5-9/h1-8H. The third-order valence-electron chi connectivity index (χ3n) is 2.48. The van der Waals surface area contributed by atoms with E-state index in [9.17, 15) is 4.39 Å². The molecule has 3 heteroatoms. The largest absolute Gasteiger partial charge is 0.356 e. The van der Waals surface area contributed by atoms with Crippen LogP contribution in [0.4, 0.5) is 4.39 Å². The Balaban J connectivity index is 2.26. The van der Waals surface area contributed by atoms with Gasteiger partial charge in [0.15, 0.2) is 5.58 Å². The number of halogens is 1. The molecule has 16 heavy (non-hydrogen) atoms. The van der Waals surface area contributed by atoms with Gasteiger partial charge in [-0.1, -0.05) is 35.5 Å². The van der Waals surface area contributed by atoms with Gasteiger partial charge in [-0.3, -0.25) is 0 Å². The SMILES string of the molecule is Fc1ccc2c(-c3ccccc3)noc2c1. The number of aromatic nitrogens is 1. The van der Waals surface area contributed by atoms with Gasteiger partial charge in [-0.15, -0.1) is 0 Å². The lowest BCUT2D eigenvalue weighted by Gasteiger charge is -1.94. The summed E-state index contributed by atoms with van der Waals surface area (Å²) in [7, 11) is 0. The number of rotatable bonds is 1. The fourth-order valence-electron chi connectivity index (χ4n) is 1.72. The molecule has 0 N–H and O–H groups in total. The van der Waals surface area contributed by atoms with E-state index in [4.69, 9.17) is 4.52 Å². The zero-order valence-corrected chi connectivity index (χ0v) is 8.35. The van der Waals surface area contributed by atoms with E-state index in [0.29, 0.717) is 5.58 Å². The maximum absolute atomic E-state index is 13.0. The van der Waals surface area contributed by atoms with E-state index >= 15 is 0 Å². The minimum Gasteiger partial charge on any atom is -0.356 e. The third kappa shape index (κ3) is 1.37. The van der Waals surface area contributed by atoms with Crippen molar-refractivity contribution < 1.29 is 8.91 Å². The van der Waals surface area contributed by atoms with Crippen molar-refractivity contribution in [2.24, 2.45) is 0 Å². The molecule has 0 radical (unpaired) electrons. The van der Waals surface area contributed by atoms with Crippen LogP contribution in [-0.4, -0.2) is 5.16 Å². The van der Waals surface area contributed by atoms with Crippen LogP contribution in [0.5, 0.6) is 0 Å². The zero-order valence-electron chi connectivity index (χ0n) is 8.35. The zero-order chi connectivity index (χ0) is 11.0. The first-order chi connectivity index (χ1) is 7.84. The average molecular weight is 213 g/mol. The first kappa shape index (κ1) is 9.09. The lowest BCUT2D eigenvalue weighted by Crippen LogP contribution is -1.77. The van der Waals surface area contributed by atoms with Crippen molar-refractivity contribution in [3.8, 4) is 11.3 Å². The molecule has 1 heterocycles. The van der Waals surface area contributed by atoms with E-state index in [2.05, 4.69) is 5.16 Å². The summed E-state index contributed by atoms with van der Waals surface area (Å²) >= 11 is 0. The molecule has 0 unspecified atom stereocenters. The molecule has 0 bridgehead atoms. The number of benzene rings is 2. The van der Waals surface area contributed by atoms with Gasteiger partial charge >= 0.3 is 0 Å². The number of fused-ring (bicyclic) bond motifs is 1. The Morgan fingerprint density at radius 2 is 1.81 bits per heavy atom. The van der Waals surface area contributed by atoms with Crippen LogP contribution in [0.1, 0.15) is 0 Å². The summed E-state index contributed by atoms with van der Waals surface area (Å²) in [6.07, 6.45) is 0. The molecule has 0 atom stereocenters. The summed E-state index contributed by atoms with van der Waals surface area (Å²) in [6, 6.07) is 14.1. The van der Waals surface area contributed by atoms with Crippen LogP contribution in [0.15, 0.2) is 53.1 Å². The van der Waals surface area contributed by atoms with E-state index in [0.717, 1.165) is 16.6 Å². The molecule has 2 nitrogen and oxygen atoms in total. The molecule has 0 fully saturated rings. The minimum absolute atomic E-state index is 0.316. The Morgan fingerprint density at radius 1 is 1.00 bits per heavy atom. The van der Waals surface area contributed by atoms with Gasteiger partial charge in [-0.05, 0) is 12.1 Å². The quantitative estimate of drug-likeness (QED) is 0.616. The highest BCUT2D eigenvalue weighted by molar-refractivity contribution is 5.91. The molecule has 0 saturated carbocycles. The highest BCUT2D eigenvalue weighted by Gasteiger charge is 2.10. The number of hydrogen-bond donors (Lipinski definition) is 0. The Labute approximate surface area is 91.3 Å². The number of hydrogen-bond acceptors (Lipinski definition) is 2. The first-order valence-electron chi connectivity index (χ1n) is 4.95. The predicted octanol–water partition coefficient (Wildman–Crippen LogP) is 3.63. The molecule has 78 valence electrons. The third-order valence-corrected chi connectivity index (χ3v) is 2.48. The van der Waals surface area contributed by atoms with E-state index in [-0.39, 0.29) is 5.82 Å². The second kappa shape index (κ2) is 3.45. The van der Waals surface area contributed by atoms with E-state index in [1.165, 1.54) is 12.1 Å². The highest BCUT2D eigenvalue weighted by atomic mass is 19.1. The first-order valence-corrected chi connectivity index (χ1v) is 4.95. The molecular formula is C13H8FNO. The molecule has 0 aliphatic carbocycles. The van der Waals surface area contributed by atoms with Crippen LogP contribution in [-0.2, 0) is 0 Å². The monoisotopic (exact) mass is 213 g/mol. The lowest BCUT2D eigenvalue weighted by molar-refractivity contribution is 0.457. The molecule has 1 aromatic heterocycles. The smallest absolute Gasteiger partial charge is 0.170 e. The van der Waals surface area contributed by atoms with Crippen molar-refractivity contribution in [3.63, 3.8) is 0 Å². The van der Waals surface area contributed by atoms with Gasteiger partial charge < -0.3 is 4.52 Å². The Hall–Kier alpha value is -2.16. The van der Waals surface area contributed by atoms with Crippen LogP contribution < -0.4 is 0 Å². The van der Waals surface area contributed by atoms with Crippen molar-refractivity contribution in [1.82, 2.24) is 5.16 Å². The summed E-state index contributed by atoms with van der Waals surface area (Å²) in [5.74, 6) is -0.316. The lowest BCUT2D eigenvalue weighted by atomic mass is 10.1. The Morgan fingerprint density at radius 3 is 2.62 bits per heavy atom. The molecule has 3 aromatic rings. The van der Waals surface area contributed by atoms with Crippen LogP contribution in [0, 0.1) is 5.82 Å². The van der Waals surface area contributed by atoms with Gasteiger partial charge in [0, 0.05) is 17.0 Å². The average Bonchev–Trinajstić information content (AvgIpc) is 2.73. The molecule has 3 rings (SSSR count). The molecular weight excluding hydrogens is 205 g/mol. The molecule has 0 aliphatic heterocycles. The fraction of sp³-hybridized carbons (Fsp3) is 0. The van der Waals surface area contributed by atoms with E-state index in [1.807, 2.05) is 30.3 Å². The van der Waals surface area contributed by atoms with Gasteiger partial charge in [-0.25, -0.2) is 4.39 Å². The van der Waals surface area contributed by atoms with Gasteiger partial charge in [-0.2, -0.15) is 0 Å². The van der Waals surface area contributed by atoms with Gasteiger partial charge in [0.25, 0.3) is 0 Å². The van der Waals surface area contributed by atoms with Crippen molar-refractivity contribution in [2.75, 3.05) is 0 Å². The van der Waals surface area contributed by atoms with Crippen molar-refractivity contribution >= 4 is 11.0 Å². The molecule has 0 aliphatic rings. The summed E-state index contributed by atoms with van der Waals surface area (Å²) < 4.78 is 18.1. The molecule has 2 aromatic carbocycles. The number of nitrogens with zero attached hydrogens (tertiary/aromatic N) is 1. The predicted molar refractivity (Wildman–Crippen MR) is 59.4 cm³/mol. The molecule has 0 saturated heterocycles. The normalized spacial score (nSPS) is 10.8. The topological polar surface area (TPSA) is 26.0 Å². The maximum atomic E-state index is 13.0.